The number of aryl methyl sites for hydroxylation is 1. The van der Waals surface area contributed by atoms with Crippen molar-refractivity contribution in [1.82, 2.24) is 4.57 Å². The first-order valence-electron chi connectivity index (χ1n) is 9.39. The average molecular weight is 455 g/mol. The topological polar surface area (TPSA) is 60.3 Å². The van der Waals surface area contributed by atoms with Crippen LogP contribution in [0.3, 0.4) is 0 Å². The summed E-state index contributed by atoms with van der Waals surface area (Å²) < 4.78 is 8.02. The van der Waals surface area contributed by atoms with Gasteiger partial charge < -0.3 is 14.6 Å². The number of benzene rings is 2. The third-order valence-electron chi connectivity index (χ3n) is 4.67. The number of nitrogens with zero attached hydrogens (tertiary/aromatic N) is 1. The molecule has 0 bridgehead atoms. The Morgan fingerprint density at radius 2 is 1.79 bits per heavy atom. The highest BCUT2D eigenvalue weighted by Gasteiger charge is 2.21. The lowest BCUT2D eigenvalue weighted by Gasteiger charge is -2.13. The fourth-order valence-electron chi connectivity index (χ4n) is 3.18. The van der Waals surface area contributed by atoms with E-state index < -0.39 is 0 Å². The second kappa shape index (κ2) is 9.09. The van der Waals surface area contributed by atoms with Gasteiger partial charge in [0, 0.05) is 21.5 Å². The van der Waals surface area contributed by atoms with Crippen LogP contribution in [0, 0.1) is 13.8 Å². The number of halogens is 1. The van der Waals surface area contributed by atoms with Gasteiger partial charge in [0.15, 0.2) is 0 Å². The summed E-state index contributed by atoms with van der Waals surface area (Å²) in [4.78, 5) is 25.1. The van der Waals surface area contributed by atoms with E-state index in [1.165, 1.54) is 0 Å². The highest BCUT2D eigenvalue weighted by molar-refractivity contribution is 9.10. The predicted octanol–water partition coefficient (Wildman–Crippen LogP) is 5.35. The number of hydrogen-bond acceptors (Lipinski definition) is 3. The Morgan fingerprint density at radius 3 is 2.45 bits per heavy atom. The second-order valence-electron chi connectivity index (χ2n) is 6.71. The van der Waals surface area contributed by atoms with Crippen molar-refractivity contribution < 1.29 is 14.3 Å². The number of nitrogens with one attached hydrogen (secondary N) is 1. The minimum atomic E-state index is -0.384. The molecule has 0 aliphatic rings. The summed E-state index contributed by atoms with van der Waals surface area (Å²) in [6, 6.07) is 17.1. The van der Waals surface area contributed by atoms with E-state index in [-0.39, 0.29) is 18.4 Å². The molecule has 0 saturated heterocycles. The lowest BCUT2D eigenvalue weighted by Crippen LogP contribution is -2.20. The van der Waals surface area contributed by atoms with Crippen molar-refractivity contribution in [3.05, 3.63) is 75.9 Å². The number of carbonyl (C=O) groups is 2. The largest absolute Gasteiger partial charge is 0.462 e. The van der Waals surface area contributed by atoms with Crippen LogP contribution in [-0.4, -0.2) is 23.1 Å². The van der Waals surface area contributed by atoms with Crippen molar-refractivity contribution in [3.8, 4) is 11.3 Å². The number of carbonyl (C=O) groups excluding carboxylic acids is 2. The molecule has 0 fully saturated rings. The van der Waals surface area contributed by atoms with Gasteiger partial charge in [-0.15, -0.1) is 0 Å². The second-order valence-corrected chi connectivity index (χ2v) is 7.57. The molecular weight excluding hydrogens is 432 g/mol. The summed E-state index contributed by atoms with van der Waals surface area (Å²) in [5, 5.41) is 2.93. The van der Waals surface area contributed by atoms with Gasteiger partial charge in [0.25, 0.3) is 0 Å². The van der Waals surface area contributed by atoms with Gasteiger partial charge in [-0.2, -0.15) is 0 Å². The number of anilines is 1. The molecule has 0 radical (unpaired) electrons. The SMILES string of the molecule is CCOC(=O)c1cc(-c2ccccc2)n(CC(=O)Nc2ccc(Br)c(C)c2)c1C. The first-order chi connectivity index (χ1) is 13.9. The van der Waals surface area contributed by atoms with Crippen LogP contribution >= 0.6 is 15.9 Å². The van der Waals surface area contributed by atoms with Crippen LogP contribution in [0.2, 0.25) is 0 Å². The quantitative estimate of drug-likeness (QED) is 0.510. The molecule has 1 N–H and O–H groups in total. The minimum absolute atomic E-state index is 0.0879. The molecular formula is C23H23BrN2O3. The van der Waals surface area contributed by atoms with Crippen molar-refractivity contribution in [3.63, 3.8) is 0 Å². The fraction of sp³-hybridized carbons (Fsp3) is 0.217. The summed E-state index contributed by atoms with van der Waals surface area (Å²) in [5.41, 5.74) is 4.66. The molecule has 0 atom stereocenters. The Balaban J connectivity index is 1.93. The standard InChI is InChI=1S/C23H23BrN2O3/c1-4-29-23(28)19-13-21(17-8-6-5-7-9-17)26(16(19)3)14-22(27)25-18-10-11-20(24)15(2)12-18/h5-13H,4,14H2,1-3H3,(H,25,27). The van der Waals surface area contributed by atoms with Crippen LogP contribution in [0.1, 0.15) is 28.5 Å². The fourth-order valence-corrected chi connectivity index (χ4v) is 3.43. The molecule has 0 aliphatic heterocycles. The zero-order valence-corrected chi connectivity index (χ0v) is 18.2. The first-order valence-corrected chi connectivity index (χ1v) is 10.2. The van der Waals surface area contributed by atoms with E-state index in [9.17, 15) is 9.59 Å². The Labute approximate surface area is 178 Å². The average Bonchev–Trinajstić information content (AvgIpc) is 3.02. The van der Waals surface area contributed by atoms with Crippen molar-refractivity contribution in [1.29, 1.82) is 0 Å². The number of esters is 1. The molecule has 3 aromatic rings. The lowest BCUT2D eigenvalue weighted by molar-refractivity contribution is -0.116. The van der Waals surface area contributed by atoms with Gasteiger partial charge in [-0.3, -0.25) is 4.79 Å². The molecule has 150 valence electrons. The van der Waals surface area contributed by atoms with E-state index in [4.69, 9.17) is 4.74 Å². The minimum Gasteiger partial charge on any atom is -0.462 e. The number of hydrogen-bond donors (Lipinski definition) is 1. The molecule has 6 heteroatoms. The van der Waals surface area contributed by atoms with Gasteiger partial charge in [0.2, 0.25) is 5.91 Å². The normalized spacial score (nSPS) is 10.6. The number of amides is 1. The third kappa shape index (κ3) is 4.77. The highest BCUT2D eigenvalue weighted by Crippen LogP contribution is 2.27. The molecule has 2 aromatic carbocycles. The maximum absolute atomic E-state index is 12.8. The first kappa shape index (κ1) is 20.9. The van der Waals surface area contributed by atoms with Crippen molar-refractivity contribution in [2.75, 3.05) is 11.9 Å². The summed E-state index contributed by atoms with van der Waals surface area (Å²) >= 11 is 3.46. The molecule has 29 heavy (non-hydrogen) atoms. The Hall–Kier alpha value is -2.86. The van der Waals surface area contributed by atoms with Crippen LogP contribution in [-0.2, 0) is 16.1 Å². The Bertz CT molecular complexity index is 1040. The molecule has 1 amide bonds. The number of aromatic nitrogens is 1. The van der Waals surface area contributed by atoms with E-state index in [1.54, 1.807) is 13.0 Å². The molecule has 0 aliphatic carbocycles. The molecule has 0 unspecified atom stereocenters. The van der Waals surface area contributed by atoms with E-state index in [1.807, 2.05) is 66.9 Å². The molecule has 1 heterocycles. The summed E-state index contributed by atoms with van der Waals surface area (Å²) in [6.45, 7) is 5.96. The molecule has 1 aromatic heterocycles. The van der Waals surface area contributed by atoms with Crippen molar-refractivity contribution >= 4 is 33.5 Å². The summed E-state index contributed by atoms with van der Waals surface area (Å²) in [6.07, 6.45) is 0. The Morgan fingerprint density at radius 1 is 1.07 bits per heavy atom. The lowest BCUT2D eigenvalue weighted by atomic mass is 10.1. The maximum Gasteiger partial charge on any atom is 0.339 e. The third-order valence-corrected chi connectivity index (χ3v) is 5.56. The van der Waals surface area contributed by atoms with Crippen LogP contribution in [0.25, 0.3) is 11.3 Å². The van der Waals surface area contributed by atoms with Crippen LogP contribution in [0.4, 0.5) is 5.69 Å². The Kier molecular flexibility index (Phi) is 6.54. The molecule has 0 saturated carbocycles. The van der Waals surface area contributed by atoms with E-state index in [0.29, 0.717) is 17.9 Å². The van der Waals surface area contributed by atoms with Gasteiger partial charge >= 0.3 is 5.97 Å². The van der Waals surface area contributed by atoms with Crippen molar-refractivity contribution in [2.45, 2.75) is 27.3 Å². The van der Waals surface area contributed by atoms with Crippen LogP contribution in [0.5, 0.6) is 0 Å². The van der Waals surface area contributed by atoms with Gasteiger partial charge in [-0.05, 0) is 56.2 Å². The molecule has 3 rings (SSSR count). The molecule has 0 spiro atoms. The van der Waals surface area contributed by atoms with Gasteiger partial charge in [-0.25, -0.2) is 4.79 Å². The van der Waals surface area contributed by atoms with Gasteiger partial charge in [0.1, 0.15) is 6.54 Å². The summed E-state index contributed by atoms with van der Waals surface area (Å²) in [7, 11) is 0. The monoisotopic (exact) mass is 454 g/mol. The summed E-state index contributed by atoms with van der Waals surface area (Å²) in [5.74, 6) is -0.553. The predicted molar refractivity (Wildman–Crippen MR) is 118 cm³/mol. The number of ether oxygens (including phenoxy) is 1. The van der Waals surface area contributed by atoms with E-state index in [0.717, 1.165) is 27.0 Å². The van der Waals surface area contributed by atoms with E-state index in [2.05, 4.69) is 21.2 Å². The van der Waals surface area contributed by atoms with Crippen molar-refractivity contribution in [2.24, 2.45) is 0 Å². The van der Waals surface area contributed by atoms with Gasteiger partial charge in [0.05, 0.1) is 12.2 Å². The maximum atomic E-state index is 12.8. The highest BCUT2D eigenvalue weighted by atomic mass is 79.9. The van der Waals surface area contributed by atoms with Crippen LogP contribution < -0.4 is 5.32 Å². The zero-order chi connectivity index (χ0) is 21.0. The smallest absolute Gasteiger partial charge is 0.339 e. The van der Waals surface area contributed by atoms with Crippen LogP contribution in [0.15, 0.2) is 59.1 Å². The number of rotatable bonds is 6. The van der Waals surface area contributed by atoms with E-state index >= 15 is 0 Å². The molecule has 5 nitrogen and oxygen atoms in total. The van der Waals surface area contributed by atoms with Gasteiger partial charge in [-0.1, -0.05) is 46.3 Å². The zero-order valence-electron chi connectivity index (χ0n) is 16.7.